The molecule has 0 unspecified atom stereocenters. The Morgan fingerprint density at radius 1 is 1.33 bits per heavy atom. The van der Waals surface area contributed by atoms with Crippen LogP contribution in [0.15, 0.2) is 41.0 Å². The van der Waals surface area contributed by atoms with E-state index in [2.05, 4.69) is 32.8 Å². The number of amides is 1. The fraction of sp³-hybridized carbons (Fsp3) is 0.263. The van der Waals surface area contributed by atoms with E-state index in [0.29, 0.717) is 13.0 Å². The summed E-state index contributed by atoms with van der Waals surface area (Å²) < 4.78 is 0.780. The van der Waals surface area contributed by atoms with Crippen molar-refractivity contribution in [2.45, 2.75) is 18.9 Å². The maximum atomic E-state index is 12.0. The Hall–Kier alpha value is -2.16. The molecule has 0 radical (unpaired) electrons. The zero-order valence-corrected chi connectivity index (χ0v) is 15.1. The van der Waals surface area contributed by atoms with Gasteiger partial charge in [0, 0.05) is 31.1 Å². The number of halogens is 1. The summed E-state index contributed by atoms with van der Waals surface area (Å²) in [5, 5.41) is 10.4. The Morgan fingerprint density at radius 2 is 2.12 bits per heavy atom. The fourth-order valence-electron chi connectivity index (χ4n) is 2.67. The molecular formula is C19H17BrN2O2. The quantitative estimate of drug-likeness (QED) is 0.607. The summed E-state index contributed by atoms with van der Waals surface area (Å²) >= 11 is 3.41. The summed E-state index contributed by atoms with van der Waals surface area (Å²) in [6.45, 7) is 2.53. The van der Waals surface area contributed by atoms with Gasteiger partial charge in [0.2, 0.25) is 5.60 Å². The Morgan fingerprint density at radius 3 is 2.79 bits per heavy atom. The number of hydrogen-bond donors (Lipinski definition) is 1. The highest BCUT2D eigenvalue weighted by molar-refractivity contribution is 9.10. The smallest absolute Gasteiger partial charge is 0.267 e. The molecule has 24 heavy (non-hydrogen) atoms. The van der Waals surface area contributed by atoms with E-state index in [1.165, 1.54) is 4.90 Å². The number of aliphatic hydroxyl groups is 1. The van der Waals surface area contributed by atoms with Crippen molar-refractivity contribution >= 4 is 21.8 Å². The predicted molar refractivity (Wildman–Crippen MR) is 96.2 cm³/mol. The highest BCUT2D eigenvalue weighted by Crippen LogP contribution is 2.23. The van der Waals surface area contributed by atoms with Crippen LogP contribution in [0.2, 0.25) is 0 Å². The van der Waals surface area contributed by atoms with Crippen molar-refractivity contribution < 1.29 is 9.90 Å². The van der Waals surface area contributed by atoms with Gasteiger partial charge < -0.3 is 10.0 Å². The van der Waals surface area contributed by atoms with E-state index in [4.69, 9.17) is 0 Å². The minimum Gasteiger partial charge on any atom is -0.369 e. The average molecular weight is 385 g/mol. The number of hydrogen-bond acceptors (Lipinski definition) is 3. The van der Waals surface area contributed by atoms with E-state index in [-0.39, 0.29) is 5.91 Å². The standard InChI is InChI=1S/C19H17BrN2O2/c1-13-10-16(21-17(20)11-13)15-5-3-4-14(12-15)6-7-19(24)8-9-22(2)18(19)23/h3-5,10-12,24H,8-9H2,1-2H3/t19-/m0/s1. The molecule has 0 bridgehead atoms. The monoisotopic (exact) mass is 384 g/mol. The summed E-state index contributed by atoms with van der Waals surface area (Å²) in [5.74, 6) is 5.33. The molecule has 1 aromatic heterocycles. The number of benzene rings is 1. The summed E-state index contributed by atoms with van der Waals surface area (Å²) in [7, 11) is 1.67. The number of likely N-dealkylation sites (N-methyl/N-ethyl adjacent to an activating group) is 1. The van der Waals surface area contributed by atoms with Gasteiger partial charge >= 0.3 is 0 Å². The lowest BCUT2D eigenvalue weighted by Gasteiger charge is -2.13. The van der Waals surface area contributed by atoms with Crippen molar-refractivity contribution in [3.63, 3.8) is 0 Å². The van der Waals surface area contributed by atoms with Crippen molar-refractivity contribution in [2.24, 2.45) is 0 Å². The van der Waals surface area contributed by atoms with E-state index in [9.17, 15) is 9.90 Å². The van der Waals surface area contributed by atoms with Gasteiger partial charge in [-0.25, -0.2) is 4.98 Å². The fourth-order valence-corrected chi connectivity index (χ4v) is 3.23. The minimum absolute atomic E-state index is 0.335. The molecular weight excluding hydrogens is 368 g/mol. The SMILES string of the molecule is Cc1cc(Br)nc(-c2cccc(C#C[C@]3(O)CCN(C)C3=O)c2)c1. The lowest BCUT2D eigenvalue weighted by molar-refractivity contribution is -0.137. The third-order valence-electron chi connectivity index (χ3n) is 4.02. The van der Waals surface area contributed by atoms with Crippen LogP contribution in [-0.4, -0.2) is 40.1 Å². The molecule has 1 aliphatic rings. The van der Waals surface area contributed by atoms with Gasteiger partial charge in [0.25, 0.3) is 5.91 Å². The van der Waals surface area contributed by atoms with Gasteiger partial charge in [-0.05, 0) is 52.7 Å². The van der Waals surface area contributed by atoms with Crippen LogP contribution in [0.1, 0.15) is 17.5 Å². The van der Waals surface area contributed by atoms with Gasteiger partial charge in [0.1, 0.15) is 4.60 Å². The molecule has 1 aliphatic heterocycles. The molecule has 5 heteroatoms. The summed E-state index contributed by atoms with van der Waals surface area (Å²) in [6, 6.07) is 11.6. The van der Waals surface area contributed by atoms with Crippen molar-refractivity contribution in [3.8, 4) is 23.1 Å². The number of rotatable bonds is 1. The van der Waals surface area contributed by atoms with Crippen molar-refractivity contribution in [2.75, 3.05) is 13.6 Å². The molecule has 2 heterocycles. The summed E-state index contributed by atoms with van der Waals surface area (Å²) in [6.07, 6.45) is 0.335. The maximum Gasteiger partial charge on any atom is 0.267 e. The maximum absolute atomic E-state index is 12.0. The van der Waals surface area contributed by atoms with Crippen LogP contribution in [0.5, 0.6) is 0 Å². The zero-order chi connectivity index (χ0) is 17.3. The topological polar surface area (TPSA) is 53.4 Å². The van der Waals surface area contributed by atoms with Crippen LogP contribution in [0.3, 0.4) is 0 Å². The molecule has 1 N–H and O–H groups in total. The van der Waals surface area contributed by atoms with Crippen LogP contribution in [0.25, 0.3) is 11.3 Å². The predicted octanol–water partition coefficient (Wildman–Crippen LogP) is 2.76. The zero-order valence-electron chi connectivity index (χ0n) is 13.5. The van der Waals surface area contributed by atoms with Gasteiger partial charge in [-0.2, -0.15) is 0 Å². The highest BCUT2D eigenvalue weighted by atomic mass is 79.9. The first kappa shape index (κ1) is 16.7. The third-order valence-corrected chi connectivity index (χ3v) is 4.43. The lowest BCUT2D eigenvalue weighted by Crippen LogP contribution is -2.37. The highest BCUT2D eigenvalue weighted by Gasteiger charge is 2.42. The van der Waals surface area contributed by atoms with Crippen LogP contribution in [0.4, 0.5) is 0 Å². The Balaban J connectivity index is 1.92. The molecule has 1 aromatic carbocycles. The van der Waals surface area contributed by atoms with Crippen LogP contribution in [0, 0.1) is 18.8 Å². The molecule has 0 saturated carbocycles. The van der Waals surface area contributed by atoms with Gasteiger partial charge in [0.15, 0.2) is 0 Å². The summed E-state index contributed by atoms with van der Waals surface area (Å²) in [5.41, 5.74) is 2.06. The average Bonchev–Trinajstić information content (AvgIpc) is 2.81. The molecule has 1 amide bonds. The first-order valence-corrected chi connectivity index (χ1v) is 8.42. The Bertz CT molecular complexity index is 849. The molecule has 1 saturated heterocycles. The van der Waals surface area contributed by atoms with Crippen LogP contribution >= 0.6 is 15.9 Å². The number of carbonyl (C=O) groups is 1. The molecule has 122 valence electrons. The van der Waals surface area contributed by atoms with Gasteiger partial charge in [-0.3, -0.25) is 4.79 Å². The number of nitrogens with zero attached hydrogens (tertiary/aromatic N) is 2. The second-order valence-electron chi connectivity index (χ2n) is 6.02. The Kier molecular flexibility index (Phi) is 4.44. The molecule has 0 aliphatic carbocycles. The van der Waals surface area contributed by atoms with E-state index >= 15 is 0 Å². The van der Waals surface area contributed by atoms with E-state index < -0.39 is 5.60 Å². The van der Waals surface area contributed by atoms with Crippen molar-refractivity contribution in [1.29, 1.82) is 0 Å². The summed E-state index contributed by atoms with van der Waals surface area (Å²) in [4.78, 5) is 17.9. The van der Waals surface area contributed by atoms with Crippen molar-refractivity contribution in [3.05, 3.63) is 52.1 Å². The largest absolute Gasteiger partial charge is 0.369 e. The Labute approximate surface area is 149 Å². The second kappa shape index (κ2) is 6.39. The van der Waals surface area contributed by atoms with Crippen LogP contribution < -0.4 is 0 Å². The molecule has 1 atom stereocenters. The van der Waals surface area contributed by atoms with Crippen LogP contribution in [-0.2, 0) is 4.79 Å². The van der Waals surface area contributed by atoms with E-state index in [1.807, 2.05) is 43.3 Å². The lowest BCUT2D eigenvalue weighted by atomic mass is 10.0. The molecule has 2 aromatic rings. The molecule has 1 fully saturated rings. The number of carbonyl (C=O) groups excluding carboxylic acids is 1. The molecule has 3 rings (SSSR count). The normalized spacial score (nSPS) is 20.0. The number of pyridine rings is 1. The molecule has 4 nitrogen and oxygen atoms in total. The number of aromatic nitrogens is 1. The van der Waals surface area contributed by atoms with E-state index in [1.54, 1.807) is 7.05 Å². The van der Waals surface area contributed by atoms with Gasteiger partial charge in [-0.1, -0.05) is 24.0 Å². The third kappa shape index (κ3) is 3.35. The first-order chi connectivity index (χ1) is 11.4. The van der Waals surface area contributed by atoms with Gasteiger partial charge in [0.05, 0.1) is 5.69 Å². The number of likely N-dealkylation sites (tertiary alicyclic amines) is 1. The first-order valence-electron chi connectivity index (χ1n) is 7.63. The molecule has 0 spiro atoms. The minimum atomic E-state index is -1.57. The van der Waals surface area contributed by atoms with Gasteiger partial charge in [-0.15, -0.1) is 0 Å². The second-order valence-corrected chi connectivity index (χ2v) is 6.83. The number of aryl methyl sites for hydroxylation is 1. The van der Waals surface area contributed by atoms with E-state index in [0.717, 1.165) is 27.0 Å². The van der Waals surface area contributed by atoms with Crippen molar-refractivity contribution in [1.82, 2.24) is 9.88 Å².